The van der Waals surface area contributed by atoms with Gasteiger partial charge < -0.3 is 4.74 Å². The quantitative estimate of drug-likeness (QED) is 0.556. The Morgan fingerprint density at radius 2 is 1.64 bits per heavy atom. The number of carbonyl (C=O) groups is 1. The molecule has 2 nitrogen and oxygen atoms in total. The normalized spacial score (nSPS) is 23.4. The molecule has 0 bridgehead atoms. The van der Waals surface area contributed by atoms with Gasteiger partial charge in [0.25, 0.3) is 0 Å². The van der Waals surface area contributed by atoms with Gasteiger partial charge in [0, 0.05) is 5.41 Å². The second-order valence-corrected chi connectivity index (χ2v) is 6.05. The van der Waals surface area contributed by atoms with Crippen molar-refractivity contribution in [1.29, 1.82) is 0 Å². The molecule has 1 aliphatic rings. The van der Waals surface area contributed by atoms with Crippen LogP contribution < -0.4 is 0 Å². The molecule has 1 rings (SSSR count). The first-order chi connectivity index (χ1) is 6.12. The summed E-state index contributed by atoms with van der Waals surface area (Å²) in [6, 6.07) is 0. The highest BCUT2D eigenvalue weighted by atomic mass is 16.5. The van der Waals surface area contributed by atoms with Gasteiger partial charge in [0.05, 0.1) is 5.92 Å². The van der Waals surface area contributed by atoms with Crippen molar-refractivity contribution in [3.05, 3.63) is 11.8 Å². The highest BCUT2D eigenvalue weighted by Gasteiger charge is 2.39. The van der Waals surface area contributed by atoms with E-state index in [2.05, 4.69) is 41.5 Å². The van der Waals surface area contributed by atoms with Crippen LogP contribution in [0.15, 0.2) is 11.8 Å². The zero-order chi connectivity index (χ0) is 11.1. The molecule has 1 atom stereocenters. The van der Waals surface area contributed by atoms with Crippen LogP contribution in [0.5, 0.6) is 0 Å². The minimum atomic E-state index is -0.109. The molecule has 0 N–H and O–H groups in total. The molecule has 0 radical (unpaired) electrons. The Balaban J connectivity index is 2.94. The fourth-order valence-electron chi connectivity index (χ4n) is 1.43. The largest absolute Gasteiger partial charge is 0.430 e. The second kappa shape index (κ2) is 3.11. The number of cyclic esters (lactones) is 1. The maximum Gasteiger partial charge on any atom is 0.318 e. The number of ether oxygens (including phenoxy) is 1. The van der Waals surface area contributed by atoms with Crippen molar-refractivity contribution in [2.24, 2.45) is 16.7 Å². The van der Waals surface area contributed by atoms with Crippen LogP contribution in [0, 0.1) is 16.7 Å². The van der Waals surface area contributed by atoms with Crippen LogP contribution in [0.1, 0.15) is 41.5 Å². The zero-order valence-corrected chi connectivity index (χ0v) is 9.97. The van der Waals surface area contributed by atoms with Gasteiger partial charge in [-0.3, -0.25) is 4.79 Å². The summed E-state index contributed by atoms with van der Waals surface area (Å²) >= 11 is 0. The minimum Gasteiger partial charge on any atom is -0.430 e. The molecule has 2 heteroatoms. The van der Waals surface area contributed by atoms with Gasteiger partial charge in [-0.1, -0.05) is 41.5 Å². The number of allylic oxidation sites excluding steroid dienone is 1. The van der Waals surface area contributed by atoms with E-state index >= 15 is 0 Å². The van der Waals surface area contributed by atoms with Crippen LogP contribution in [0.25, 0.3) is 0 Å². The molecule has 1 unspecified atom stereocenters. The van der Waals surface area contributed by atoms with E-state index in [-0.39, 0.29) is 22.7 Å². The van der Waals surface area contributed by atoms with Crippen molar-refractivity contribution in [2.45, 2.75) is 41.5 Å². The van der Waals surface area contributed by atoms with Crippen LogP contribution in [0.3, 0.4) is 0 Å². The third-order valence-corrected chi connectivity index (χ3v) is 2.45. The van der Waals surface area contributed by atoms with Crippen LogP contribution in [-0.4, -0.2) is 5.97 Å². The second-order valence-electron chi connectivity index (χ2n) is 6.05. The van der Waals surface area contributed by atoms with Gasteiger partial charge in [-0.15, -0.1) is 0 Å². The monoisotopic (exact) mass is 196 g/mol. The topological polar surface area (TPSA) is 26.3 Å². The number of hydrogen-bond acceptors (Lipinski definition) is 2. The predicted molar refractivity (Wildman–Crippen MR) is 56.6 cm³/mol. The maximum atomic E-state index is 11.6. The fraction of sp³-hybridized carbons (Fsp3) is 0.750. The van der Waals surface area contributed by atoms with E-state index in [9.17, 15) is 4.79 Å². The summed E-state index contributed by atoms with van der Waals surface area (Å²) in [5, 5.41) is 0. The standard InChI is InChI=1S/C12H20O2/c1-11(2,3)8-7-9(12(4,5)6)14-10(8)13/h7-8H,1-6H3. The summed E-state index contributed by atoms with van der Waals surface area (Å²) in [4.78, 5) is 11.6. The SMILES string of the molecule is CC(C)(C)C1=CC(C(C)(C)C)C(=O)O1. The summed E-state index contributed by atoms with van der Waals surface area (Å²) in [6.45, 7) is 12.3. The van der Waals surface area contributed by atoms with Crippen LogP contribution >= 0.6 is 0 Å². The van der Waals surface area contributed by atoms with Crippen molar-refractivity contribution in [3.8, 4) is 0 Å². The van der Waals surface area contributed by atoms with Crippen molar-refractivity contribution < 1.29 is 9.53 Å². The van der Waals surface area contributed by atoms with Crippen molar-refractivity contribution in [3.63, 3.8) is 0 Å². The van der Waals surface area contributed by atoms with E-state index in [4.69, 9.17) is 4.74 Å². The fourth-order valence-corrected chi connectivity index (χ4v) is 1.43. The highest BCUT2D eigenvalue weighted by molar-refractivity contribution is 5.79. The summed E-state index contributed by atoms with van der Waals surface area (Å²) < 4.78 is 5.29. The summed E-state index contributed by atoms with van der Waals surface area (Å²) in [6.07, 6.45) is 1.97. The molecule has 0 saturated heterocycles. The molecular formula is C12H20O2. The maximum absolute atomic E-state index is 11.6. The number of carbonyl (C=O) groups excluding carboxylic acids is 1. The first kappa shape index (κ1) is 11.3. The Bertz CT molecular complexity index is 274. The van der Waals surface area contributed by atoms with E-state index in [0.29, 0.717) is 0 Å². The molecule has 0 aromatic rings. The van der Waals surface area contributed by atoms with E-state index in [1.165, 1.54) is 0 Å². The van der Waals surface area contributed by atoms with E-state index in [1.54, 1.807) is 0 Å². The molecule has 0 amide bonds. The van der Waals surface area contributed by atoms with Crippen molar-refractivity contribution in [2.75, 3.05) is 0 Å². The number of hydrogen-bond donors (Lipinski definition) is 0. The van der Waals surface area contributed by atoms with Crippen molar-refractivity contribution >= 4 is 5.97 Å². The predicted octanol–water partition coefficient (Wildman–Crippen LogP) is 3.14. The molecular weight excluding hydrogens is 176 g/mol. The lowest BCUT2D eigenvalue weighted by Gasteiger charge is -2.21. The number of esters is 1. The molecule has 0 aromatic heterocycles. The van der Waals surface area contributed by atoms with Gasteiger partial charge in [0.2, 0.25) is 0 Å². The third-order valence-electron chi connectivity index (χ3n) is 2.45. The summed E-state index contributed by atoms with van der Waals surface area (Å²) in [5.74, 6) is 0.599. The summed E-state index contributed by atoms with van der Waals surface area (Å²) in [5.41, 5.74) is -0.125. The highest BCUT2D eigenvalue weighted by Crippen LogP contribution is 2.39. The Hall–Kier alpha value is -0.790. The first-order valence-corrected chi connectivity index (χ1v) is 5.06. The Labute approximate surface area is 86.3 Å². The molecule has 14 heavy (non-hydrogen) atoms. The van der Waals surface area contributed by atoms with Crippen LogP contribution in [-0.2, 0) is 9.53 Å². The lowest BCUT2D eigenvalue weighted by Crippen LogP contribution is -2.24. The lowest BCUT2D eigenvalue weighted by atomic mass is 9.80. The Morgan fingerprint density at radius 1 is 1.14 bits per heavy atom. The van der Waals surface area contributed by atoms with Gasteiger partial charge in [-0.05, 0) is 11.5 Å². The third kappa shape index (κ3) is 2.17. The molecule has 80 valence electrons. The van der Waals surface area contributed by atoms with E-state index in [0.717, 1.165) is 5.76 Å². The average Bonchev–Trinajstić information content (AvgIpc) is 2.27. The smallest absolute Gasteiger partial charge is 0.318 e. The van der Waals surface area contributed by atoms with Gasteiger partial charge >= 0.3 is 5.97 Å². The molecule has 1 aliphatic heterocycles. The lowest BCUT2D eigenvalue weighted by molar-refractivity contribution is -0.143. The molecule has 0 saturated carbocycles. The van der Waals surface area contributed by atoms with Gasteiger partial charge in [-0.25, -0.2) is 0 Å². The first-order valence-electron chi connectivity index (χ1n) is 5.06. The Kier molecular flexibility index (Phi) is 2.51. The van der Waals surface area contributed by atoms with Gasteiger partial charge in [0.15, 0.2) is 0 Å². The van der Waals surface area contributed by atoms with E-state index < -0.39 is 0 Å². The Morgan fingerprint density at radius 3 is 1.86 bits per heavy atom. The number of rotatable bonds is 0. The van der Waals surface area contributed by atoms with Gasteiger partial charge in [-0.2, -0.15) is 0 Å². The van der Waals surface area contributed by atoms with Gasteiger partial charge in [0.1, 0.15) is 5.76 Å². The van der Waals surface area contributed by atoms with Crippen LogP contribution in [0.4, 0.5) is 0 Å². The van der Waals surface area contributed by atoms with E-state index in [1.807, 2.05) is 6.08 Å². The molecule has 0 aliphatic carbocycles. The summed E-state index contributed by atoms with van der Waals surface area (Å²) in [7, 11) is 0. The zero-order valence-electron chi connectivity index (χ0n) is 9.97. The molecule has 0 spiro atoms. The average molecular weight is 196 g/mol. The van der Waals surface area contributed by atoms with Crippen LogP contribution in [0.2, 0.25) is 0 Å². The molecule has 0 aromatic carbocycles. The minimum absolute atomic E-state index is 0.0515. The van der Waals surface area contributed by atoms with Crippen molar-refractivity contribution in [1.82, 2.24) is 0 Å². The molecule has 1 heterocycles. The molecule has 0 fully saturated rings.